The molecule has 1 aliphatic heterocycles. The summed E-state index contributed by atoms with van der Waals surface area (Å²) in [7, 11) is 0. The summed E-state index contributed by atoms with van der Waals surface area (Å²) in [5.74, 6) is -0.715. The summed E-state index contributed by atoms with van der Waals surface area (Å²) >= 11 is 0. The van der Waals surface area contributed by atoms with Crippen LogP contribution in [0.5, 0.6) is 0 Å². The van der Waals surface area contributed by atoms with Crippen LogP contribution in [0.3, 0.4) is 0 Å². The standard InChI is InChI=1S/C17H18O4/c1-2-11-6-5-7-12-10-20-17(16(18)19)21-14-9-4-3-8-13(14)15(11)12/h3-5,7-11,14,17H,2,6H2,1H3,(H,18,19). The molecule has 0 saturated carbocycles. The molecule has 3 rings (SSSR count). The van der Waals surface area contributed by atoms with Gasteiger partial charge in [0, 0.05) is 5.57 Å². The smallest absolute Gasteiger partial charge is 0.373 e. The number of fused-ring (bicyclic) bond motifs is 2. The SMILES string of the molecule is CCC1CC=CC2=COC(C(=O)O)OC3C=CC=CC3=C21. The van der Waals surface area contributed by atoms with Gasteiger partial charge in [-0.05, 0) is 29.9 Å². The van der Waals surface area contributed by atoms with Crippen molar-refractivity contribution < 1.29 is 19.4 Å². The van der Waals surface area contributed by atoms with Crippen molar-refractivity contribution in [2.24, 2.45) is 5.92 Å². The second-order valence-corrected chi connectivity index (χ2v) is 5.29. The average molecular weight is 286 g/mol. The number of carbonyl (C=O) groups is 1. The van der Waals surface area contributed by atoms with Crippen LogP contribution < -0.4 is 0 Å². The highest BCUT2D eigenvalue weighted by Crippen LogP contribution is 2.38. The fourth-order valence-corrected chi connectivity index (χ4v) is 2.98. The molecule has 0 amide bonds. The van der Waals surface area contributed by atoms with Crippen LogP contribution in [0.25, 0.3) is 0 Å². The van der Waals surface area contributed by atoms with E-state index < -0.39 is 12.3 Å². The molecule has 0 fully saturated rings. The van der Waals surface area contributed by atoms with Gasteiger partial charge in [-0.3, -0.25) is 0 Å². The van der Waals surface area contributed by atoms with Crippen molar-refractivity contribution in [3.05, 3.63) is 59.4 Å². The van der Waals surface area contributed by atoms with E-state index in [1.54, 1.807) is 0 Å². The van der Waals surface area contributed by atoms with E-state index in [0.717, 1.165) is 24.0 Å². The Bertz CT molecular complexity index is 592. The second kappa shape index (κ2) is 5.74. The van der Waals surface area contributed by atoms with Crippen LogP contribution in [0.15, 0.2) is 59.4 Å². The lowest BCUT2D eigenvalue weighted by Gasteiger charge is -2.32. The van der Waals surface area contributed by atoms with Crippen molar-refractivity contribution in [2.75, 3.05) is 0 Å². The number of allylic oxidation sites excluding steroid dienone is 6. The Morgan fingerprint density at radius 2 is 2.24 bits per heavy atom. The molecule has 3 unspecified atom stereocenters. The van der Waals surface area contributed by atoms with Gasteiger partial charge < -0.3 is 14.6 Å². The molecule has 0 saturated heterocycles. The predicted molar refractivity (Wildman–Crippen MR) is 78.3 cm³/mol. The molecule has 21 heavy (non-hydrogen) atoms. The second-order valence-electron chi connectivity index (χ2n) is 5.29. The lowest BCUT2D eigenvalue weighted by atomic mass is 9.79. The highest BCUT2D eigenvalue weighted by atomic mass is 16.7. The highest BCUT2D eigenvalue weighted by molar-refractivity contribution is 5.71. The van der Waals surface area contributed by atoms with Gasteiger partial charge in [0.25, 0.3) is 6.29 Å². The van der Waals surface area contributed by atoms with Crippen LogP contribution in [0.4, 0.5) is 0 Å². The number of hydrogen-bond donors (Lipinski definition) is 1. The van der Waals surface area contributed by atoms with Crippen LogP contribution in [0, 0.1) is 5.92 Å². The molecule has 1 N–H and O–H groups in total. The summed E-state index contributed by atoms with van der Waals surface area (Å²) in [5.41, 5.74) is 3.19. The Kier molecular flexibility index (Phi) is 3.80. The summed E-state index contributed by atoms with van der Waals surface area (Å²) in [4.78, 5) is 11.2. The highest BCUT2D eigenvalue weighted by Gasteiger charge is 2.32. The first kappa shape index (κ1) is 13.9. The zero-order chi connectivity index (χ0) is 14.8. The molecule has 0 aromatic rings. The lowest BCUT2D eigenvalue weighted by molar-refractivity contribution is -0.181. The van der Waals surface area contributed by atoms with Gasteiger partial charge in [0.15, 0.2) is 0 Å². The fourth-order valence-electron chi connectivity index (χ4n) is 2.98. The molecule has 0 bridgehead atoms. The number of hydrogen-bond acceptors (Lipinski definition) is 3. The van der Waals surface area contributed by atoms with Gasteiger partial charge in [0.05, 0.1) is 6.26 Å². The van der Waals surface area contributed by atoms with Gasteiger partial charge in [-0.15, -0.1) is 0 Å². The van der Waals surface area contributed by atoms with E-state index in [1.165, 1.54) is 11.8 Å². The summed E-state index contributed by atoms with van der Waals surface area (Å²) in [6, 6.07) is 0. The average Bonchev–Trinajstić information content (AvgIpc) is 2.48. The maximum Gasteiger partial charge on any atom is 0.373 e. The third-order valence-corrected chi connectivity index (χ3v) is 4.01. The molecule has 1 heterocycles. The van der Waals surface area contributed by atoms with Gasteiger partial charge in [-0.1, -0.05) is 43.4 Å². The van der Waals surface area contributed by atoms with E-state index in [4.69, 9.17) is 9.47 Å². The van der Waals surface area contributed by atoms with Crippen LogP contribution in [-0.2, 0) is 14.3 Å². The Hall–Kier alpha value is -2.07. The molecule has 3 atom stereocenters. The summed E-state index contributed by atoms with van der Waals surface area (Å²) in [5, 5.41) is 9.18. The van der Waals surface area contributed by atoms with Gasteiger partial charge in [-0.2, -0.15) is 0 Å². The number of aliphatic carboxylic acids is 1. The molecule has 4 heteroatoms. The van der Waals surface area contributed by atoms with Crippen molar-refractivity contribution in [3.63, 3.8) is 0 Å². The number of rotatable bonds is 2. The largest absolute Gasteiger partial charge is 0.477 e. The molecule has 3 aliphatic rings. The Balaban J connectivity index is 2.10. The first-order valence-electron chi connectivity index (χ1n) is 7.20. The first-order valence-corrected chi connectivity index (χ1v) is 7.20. The maximum atomic E-state index is 11.2. The minimum absolute atomic E-state index is 0.379. The zero-order valence-electron chi connectivity index (χ0n) is 11.9. The first-order chi connectivity index (χ1) is 10.2. The van der Waals surface area contributed by atoms with E-state index in [-0.39, 0.29) is 6.10 Å². The molecule has 0 radical (unpaired) electrons. The van der Waals surface area contributed by atoms with Crippen molar-refractivity contribution in [1.82, 2.24) is 0 Å². The number of carboxylic acid groups (broad SMARTS) is 1. The predicted octanol–water partition coefficient (Wildman–Crippen LogP) is 3.11. The Morgan fingerprint density at radius 3 is 3.00 bits per heavy atom. The van der Waals surface area contributed by atoms with Crippen molar-refractivity contribution >= 4 is 5.97 Å². The number of carboxylic acids is 1. The van der Waals surface area contributed by atoms with Crippen LogP contribution in [0.2, 0.25) is 0 Å². The lowest BCUT2D eigenvalue weighted by Crippen LogP contribution is -2.33. The van der Waals surface area contributed by atoms with Crippen molar-refractivity contribution in [1.29, 1.82) is 0 Å². The summed E-state index contributed by atoms with van der Waals surface area (Å²) in [6.07, 6.45) is 13.7. The zero-order valence-corrected chi connectivity index (χ0v) is 11.9. The van der Waals surface area contributed by atoms with Crippen LogP contribution in [0.1, 0.15) is 19.8 Å². The topological polar surface area (TPSA) is 55.8 Å². The quantitative estimate of drug-likeness (QED) is 0.847. The minimum atomic E-state index is -1.29. The fraction of sp³-hybridized carbons (Fsp3) is 0.353. The van der Waals surface area contributed by atoms with Gasteiger partial charge in [-0.25, -0.2) is 4.79 Å². The summed E-state index contributed by atoms with van der Waals surface area (Å²) in [6.45, 7) is 2.16. The molecular weight excluding hydrogens is 268 g/mol. The minimum Gasteiger partial charge on any atom is -0.477 e. The van der Waals surface area contributed by atoms with Crippen molar-refractivity contribution in [3.8, 4) is 0 Å². The number of ether oxygens (including phenoxy) is 2. The monoisotopic (exact) mass is 286 g/mol. The Morgan fingerprint density at radius 1 is 1.38 bits per heavy atom. The van der Waals surface area contributed by atoms with E-state index in [0.29, 0.717) is 5.92 Å². The molecular formula is C17H18O4. The molecule has 0 spiro atoms. The van der Waals surface area contributed by atoms with Gasteiger partial charge in [0.1, 0.15) is 6.10 Å². The van der Waals surface area contributed by atoms with Crippen LogP contribution in [-0.4, -0.2) is 23.5 Å². The normalized spacial score (nSPS) is 30.7. The van der Waals surface area contributed by atoms with Gasteiger partial charge >= 0.3 is 5.97 Å². The summed E-state index contributed by atoms with van der Waals surface area (Å²) < 4.78 is 10.9. The van der Waals surface area contributed by atoms with E-state index in [9.17, 15) is 9.90 Å². The maximum absolute atomic E-state index is 11.2. The molecule has 2 aliphatic carbocycles. The van der Waals surface area contributed by atoms with Crippen LogP contribution >= 0.6 is 0 Å². The third kappa shape index (κ3) is 2.59. The molecule has 0 aromatic carbocycles. The molecule has 110 valence electrons. The molecule has 4 nitrogen and oxygen atoms in total. The van der Waals surface area contributed by atoms with E-state index in [1.807, 2.05) is 30.4 Å². The molecule has 0 aromatic heterocycles. The van der Waals surface area contributed by atoms with Crippen molar-refractivity contribution in [2.45, 2.75) is 32.2 Å². The Labute approximate surface area is 123 Å². The van der Waals surface area contributed by atoms with Gasteiger partial charge in [0.2, 0.25) is 0 Å². The van der Waals surface area contributed by atoms with E-state index in [2.05, 4.69) is 13.0 Å². The third-order valence-electron chi connectivity index (χ3n) is 4.01. The van der Waals surface area contributed by atoms with E-state index >= 15 is 0 Å².